The lowest BCUT2D eigenvalue weighted by Crippen LogP contribution is -2.37. The van der Waals surface area contributed by atoms with Crippen LogP contribution >= 0.6 is 0 Å². The maximum Gasteiger partial charge on any atom is 0.192 e. The van der Waals surface area contributed by atoms with Crippen LogP contribution in [0, 0.1) is 0 Å². The molecule has 0 heterocycles. The first-order valence-electron chi connectivity index (χ1n) is 10.6. The van der Waals surface area contributed by atoms with E-state index in [0.29, 0.717) is 0 Å². The van der Waals surface area contributed by atoms with E-state index in [9.17, 15) is 0 Å². The molecule has 1 unspecified atom stereocenters. The Hall–Kier alpha value is -1.64. The Morgan fingerprint density at radius 3 is 2.00 bits per heavy atom. The predicted octanol–water partition coefficient (Wildman–Crippen LogP) is 7.72. The van der Waals surface area contributed by atoms with Crippen LogP contribution in [0.5, 0.6) is 0 Å². The van der Waals surface area contributed by atoms with Crippen LogP contribution in [0.25, 0.3) is 0 Å². The minimum atomic E-state index is -1.62. The van der Waals surface area contributed by atoms with E-state index in [1.807, 2.05) is 0 Å². The van der Waals surface area contributed by atoms with Crippen molar-refractivity contribution in [2.24, 2.45) is 0 Å². The molecule has 27 heavy (non-hydrogen) atoms. The lowest BCUT2D eigenvalue weighted by molar-refractivity contribution is 0.193. The lowest BCUT2D eigenvalue weighted by atomic mass is 10.1. The van der Waals surface area contributed by atoms with Gasteiger partial charge >= 0.3 is 0 Å². The van der Waals surface area contributed by atoms with Crippen LogP contribution in [0.1, 0.15) is 57.3 Å². The van der Waals surface area contributed by atoms with Crippen molar-refractivity contribution in [2.45, 2.75) is 70.7 Å². The standard InChI is InChI=1S/C25H36OSi/c1-4-27(5-2,6-3)26-25(24-20-14-10-15-21-24)22-16-8-7-11-17-23-18-12-9-13-19-23/h8-10,12-16,18-21,25H,4-7,11,17,22H2,1-3H3/b16-8+. The van der Waals surface area contributed by atoms with E-state index in [2.05, 4.69) is 93.6 Å². The summed E-state index contributed by atoms with van der Waals surface area (Å²) in [6.07, 6.45) is 9.34. The van der Waals surface area contributed by atoms with Gasteiger partial charge in [-0.15, -0.1) is 0 Å². The minimum absolute atomic E-state index is 0.197. The topological polar surface area (TPSA) is 9.23 Å². The van der Waals surface area contributed by atoms with Crippen molar-refractivity contribution in [3.8, 4) is 0 Å². The summed E-state index contributed by atoms with van der Waals surface area (Å²) in [7, 11) is -1.62. The highest BCUT2D eigenvalue weighted by Gasteiger charge is 2.32. The molecule has 2 heteroatoms. The molecule has 146 valence electrons. The van der Waals surface area contributed by atoms with E-state index in [-0.39, 0.29) is 6.10 Å². The molecule has 0 aliphatic rings. The fourth-order valence-corrected chi connectivity index (χ4v) is 6.46. The molecule has 0 aromatic heterocycles. The molecule has 2 rings (SSSR count). The van der Waals surface area contributed by atoms with Crippen LogP contribution in [0.15, 0.2) is 72.8 Å². The Balaban J connectivity index is 1.92. The first kappa shape index (κ1) is 21.7. The van der Waals surface area contributed by atoms with Gasteiger partial charge in [-0.05, 0) is 54.9 Å². The van der Waals surface area contributed by atoms with E-state index in [1.54, 1.807) is 0 Å². The summed E-state index contributed by atoms with van der Waals surface area (Å²) in [5, 5.41) is 0. The predicted molar refractivity (Wildman–Crippen MR) is 121 cm³/mol. The summed E-state index contributed by atoms with van der Waals surface area (Å²) in [4.78, 5) is 0. The molecule has 2 aromatic carbocycles. The Kier molecular flexibility index (Phi) is 9.58. The monoisotopic (exact) mass is 380 g/mol. The fraction of sp³-hybridized carbons (Fsp3) is 0.440. The number of allylic oxidation sites excluding steroid dienone is 1. The Bertz CT molecular complexity index is 638. The first-order chi connectivity index (χ1) is 13.2. The Morgan fingerprint density at radius 1 is 0.815 bits per heavy atom. The normalized spacial score (nSPS) is 13.1. The second kappa shape index (κ2) is 11.9. The van der Waals surface area contributed by atoms with Crippen molar-refractivity contribution in [2.75, 3.05) is 0 Å². The zero-order valence-corrected chi connectivity index (χ0v) is 18.4. The zero-order valence-electron chi connectivity index (χ0n) is 17.4. The van der Waals surface area contributed by atoms with Gasteiger partial charge in [-0.2, -0.15) is 0 Å². The quantitative estimate of drug-likeness (QED) is 0.208. The average molecular weight is 381 g/mol. The molecule has 0 saturated carbocycles. The average Bonchev–Trinajstić information content (AvgIpc) is 2.74. The van der Waals surface area contributed by atoms with Crippen LogP contribution in [-0.2, 0) is 10.8 Å². The number of hydrogen-bond acceptors (Lipinski definition) is 1. The molecule has 0 fully saturated rings. The smallest absolute Gasteiger partial charge is 0.192 e. The second-order valence-electron chi connectivity index (χ2n) is 7.35. The van der Waals surface area contributed by atoms with Gasteiger partial charge in [0.05, 0.1) is 6.10 Å². The van der Waals surface area contributed by atoms with Crippen LogP contribution in [0.4, 0.5) is 0 Å². The highest BCUT2D eigenvalue weighted by molar-refractivity contribution is 6.73. The van der Waals surface area contributed by atoms with Gasteiger partial charge in [0.25, 0.3) is 0 Å². The minimum Gasteiger partial charge on any atom is -0.410 e. The molecule has 1 nitrogen and oxygen atoms in total. The molecule has 1 atom stereocenters. The van der Waals surface area contributed by atoms with Gasteiger partial charge in [0.2, 0.25) is 0 Å². The van der Waals surface area contributed by atoms with Gasteiger partial charge in [-0.3, -0.25) is 0 Å². The molecular formula is C25H36OSi. The third kappa shape index (κ3) is 7.12. The number of aryl methyl sites for hydroxylation is 1. The molecule has 0 radical (unpaired) electrons. The number of hydrogen-bond donors (Lipinski definition) is 0. The Morgan fingerprint density at radius 2 is 1.41 bits per heavy atom. The SMILES string of the molecule is CC[Si](CC)(CC)OC(C/C=C/CCCc1ccccc1)c1ccccc1. The van der Waals surface area contributed by atoms with Crippen molar-refractivity contribution < 1.29 is 4.43 Å². The molecule has 2 aromatic rings. The van der Waals surface area contributed by atoms with E-state index in [4.69, 9.17) is 4.43 Å². The van der Waals surface area contributed by atoms with Gasteiger partial charge in [0, 0.05) is 0 Å². The van der Waals surface area contributed by atoms with Crippen molar-refractivity contribution in [3.63, 3.8) is 0 Å². The van der Waals surface area contributed by atoms with Crippen LogP contribution in [-0.4, -0.2) is 8.32 Å². The maximum atomic E-state index is 6.84. The number of unbranched alkanes of at least 4 members (excludes halogenated alkanes) is 1. The third-order valence-electron chi connectivity index (χ3n) is 5.69. The number of rotatable bonds is 12. The second-order valence-corrected chi connectivity index (χ2v) is 12.1. The first-order valence-corrected chi connectivity index (χ1v) is 13.2. The molecular weight excluding hydrogens is 344 g/mol. The summed E-state index contributed by atoms with van der Waals surface area (Å²) in [5.74, 6) is 0. The van der Waals surface area contributed by atoms with E-state index < -0.39 is 8.32 Å². The summed E-state index contributed by atoms with van der Waals surface area (Å²) in [6, 6.07) is 25.1. The summed E-state index contributed by atoms with van der Waals surface area (Å²) < 4.78 is 6.84. The molecule has 0 aliphatic carbocycles. The third-order valence-corrected chi connectivity index (χ3v) is 10.3. The largest absolute Gasteiger partial charge is 0.410 e. The lowest BCUT2D eigenvalue weighted by Gasteiger charge is -2.33. The van der Waals surface area contributed by atoms with Gasteiger partial charge < -0.3 is 4.43 Å². The van der Waals surface area contributed by atoms with Gasteiger partial charge in [-0.25, -0.2) is 0 Å². The van der Waals surface area contributed by atoms with Crippen molar-refractivity contribution in [3.05, 3.63) is 83.9 Å². The van der Waals surface area contributed by atoms with E-state index >= 15 is 0 Å². The van der Waals surface area contributed by atoms with E-state index in [1.165, 1.54) is 35.7 Å². The van der Waals surface area contributed by atoms with Crippen molar-refractivity contribution in [1.29, 1.82) is 0 Å². The van der Waals surface area contributed by atoms with Crippen molar-refractivity contribution >= 4 is 8.32 Å². The maximum absolute atomic E-state index is 6.84. The molecule has 0 N–H and O–H groups in total. The summed E-state index contributed by atoms with van der Waals surface area (Å²) >= 11 is 0. The summed E-state index contributed by atoms with van der Waals surface area (Å²) in [5.41, 5.74) is 2.75. The van der Waals surface area contributed by atoms with Gasteiger partial charge in [0.1, 0.15) is 0 Å². The fourth-order valence-electron chi connectivity index (χ4n) is 3.63. The molecule has 0 spiro atoms. The van der Waals surface area contributed by atoms with Crippen LogP contribution in [0.3, 0.4) is 0 Å². The Labute approximate surface area is 167 Å². The highest BCUT2D eigenvalue weighted by atomic mass is 28.4. The molecule has 0 bridgehead atoms. The summed E-state index contributed by atoms with van der Waals surface area (Å²) in [6.45, 7) is 6.92. The van der Waals surface area contributed by atoms with Gasteiger partial charge in [-0.1, -0.05) is 93.6 Å². The molecule has 0 aliphatic heterocycles. The van der Waals surface area contributed by atoms with E-state index in [0.717, 1.165) is 19.3 Å². The van der Waals surface area contributed by atoms with Crippen LogP contribution < -0.4 is 0 Å². The molecule has 0 amide bonds. The van der Waals surface area contributed by atoms with Gasteiger partial charge in [0.15, 0.2) is 8.32 Å². The van der Waals surface area contributed by atoms with Crippen molar-refractivity contribution in [1.82, 2.24) is 0 Å². The number of benzene rings is 2. The zero-order chi connectivity index (χ0) is 19.4. The molecule has 0 saturated heterocycles. The van der Waals surface area contributed by atoms with Crippen LogP contribution in [0.2, 0.25) is 18.1 Å². The highest BCUT2D eigenvalue weighted by Crippen LogP contribution is 2.32.